The van der Waals surface area contributed by atoms with Gasteiger partial charge in [0.2, 0.25) is 0 Å². The predicted molar refractivity (Wildman–Crippen MR) is 97.1 cm³/mol. The number of aromatic nitrogens is 1. The number of aryl methyl sites for hydroxylation is 1. The Labute approximate surface area is 144 Å². The number of rotatable bonds is 5. The Bertz CT molecular complexity index is 452. The van der Waals surface area contributed by atoms with E-state index < -0.39 is 5.60 Å². The molecule has 1 heterocycles. The van der Waals surface area contributed by atoms with Gasteiger partial charge in [0.25, 0.3) is 0 Å². The second-order valence-electron chi connectivity index (χ2n) is 5.67. The molecule has 5 nitrogen and oxygen atoms in total. The maximum absolute atomic E-state index is 10.3. The van der Waals surface area contributed by atoms with Crippen molar-refractivity contribution in [2.75, 3.05) is 13.1 Å². The first-order valence-electron chi connectivity index (χ1n) is 7.47. The quantitative estimate of drug-likeness (QED) is 0.398. The summed E-state index contributed by atoms with van der Waals surface area (Å²) in [5.41, 5.74) is 0.632. The summed E-state index contributed by atoms with van der Waals surface area (Å²) in [6.07, 6.45) is 8.10. The average molecular weight is 406 g/mol. The molecule has 120 valence electrons. The van der Waals surface area contributed by atoms with Crippen LogP contribution in [0.5, 0.6) is 0 Å². The largest absolute Gasteiger partial charge is 0.388 e. The van der Waals surface area contributed by atoms with Gasteiger partial charge in [-0.25, -0.2) is 4.99 Å². The van der Waals surface area contributed by atoms with E-state index in [-0.39, 0.29) is 24.0 Å². The maximum Gasteiger partial charge on any atom is 0.191 e. The van der Waals surface area contributed by atoms with Crippen LogP contribution in [0.1, 0.15) is 38.2 Å². The third-order valence-electron chi connectivity index (χ3n) is 3.78. The Morgan fingerprint density at radius 3 is 2.67 bits per heavy atom. The second kappa shape index (κ2) is 8.63. The normalized spacial score (nSPS) is 17.4. The average Bonchev–Trinajstić information content (AvgIpc) is 3.03. The Morgan fingerprint density at radius 1 is 1.38 bits per heavy atom. The minimum atomic E-state index is -0.553. The van der Waals surface area contributed by atoms with Gasteiger partial charge in [-0.15, -0.1) is 24.0 Å². The molecule has 0 saturated heterocycles. The lowest BCUT2D eigenvalue weighted by Gasteiger charge is -2.23. The first-order chi connectivity index (χ1) is 9.61. The number of hydrogen-bond donors (Lipinski definition) is 3. The van der Waals surface area contributed by atoms with Gasteiger partial charge in [0.05, 0.1) is 12.1 Å². The van der Waals surface area contributed by atoms with Crippen molar-refractivity contribution in [3.05, 3.63) is 24.0 Å². The molecule has 3 N–H and O–H groups in total. The van der Waals surface area contributed by atoms with Crippen molar-refractivity contribution < 1.29 is 5.11 Å². The molecular formula is C15H27IN4O. The van der Waals surface area contributed by atoms with Crippen LogP contribution in [0.2, 0.25) is 0 Å². The SMILES string of the molecule is CCNC(=NCc1ccn(C)c1)NCC1(O)CCCC1.I. The van der Waals surface area contributed by atoms with Gasteiger partial charge < -0.3 is 20.3 Å². The van der Waals surface area contributed by atoms with Crippen molar-refractivity contribution in [3.8, 4) is 0 Å². The third-order valence-corrected chi connectivity index (χ3v) is 3.78. The molecule has 0 atom stereocenters. The van der Waals surface area contributed by atoms with E-state index in [1.165, 1.54) is 5.56 Å². The first kappa shape index (κ1) is 18.3. The van der Waals surface area contributed by atoms with Crippen molar-refractivity contribution in [2.45, 2.75) is 44.8 Å². The number of hydrogen-bond acceptors (Lipinski definition) is 2. The number of nitrogens with one attached hydrogen (secondary N) is 2. The summed E-state index contributed by atoms with van der Waals surface area (Å²) in [5.74, 6) is 0.775. The minimum Gasteiger partial charge on any atom is -0.388 e. The van der Waals surface area contributed by atoms with Crippen LogP contribution in [-0.4, -0.2) is 34.3 Å². The molecule has 1 aromatic rings. The molecule has 0 spiro atoms. The lowest BCUT2D eigenvalue weighted by atomic mass is 10.0. The smallest absolute Gasteiger partial charge is 0.191 e. The zero-order chi connectivity index (χ0) is 14.4. The summed E-state index contributed by atoms with van der Waals surface area (Å²) < 4.78 is 2.02. The van der Waals surface area contributed by atoms with Crippen molar-refractivity contribution in [3.63, 3.8) is 0 Å². The Hall–Kier alpha value is -0.760. The van der Waals surface area contributed by atoms with Gasteiger partial charge in [-0.1, -0.05) is 12.8 Å². The molecule has 1 saturated carbocycles. The van der Waals surface area contributed by atoms with Gasteiger partial charge in [-0.3, -0.25) is 0 Å². The molecule has 0 unspecified atom stereocenters. The molecule has 1 aliphatic rings. The van der Waals surface area contributed by atoms with E-state index in [0.717, 1.165) is 38.2 Å². The van der Waals surface area contributed by atoms with Crippen LogP contribution >= 0.6 is 24.0 Å². The van der Waals surface area contributed by atoms with Crippen LogP contribution in [0.4, 0.5) is 0 Å². The summed E-state index contributed by atoms with van der Waals surface area (Å²) in [4.78, 5) is 4.56. The Kier molecular flexibility index (Phi) is 7.51. The van der Waals surface area contributed by atoms with Crippen molar-refractivity contribution in [2.24, 2.45) is 12.0 Å². The van der Waals surface area contributed by atoms with Gasteiger partial charge in [0.15, 0.2) is 5.96 Å². The van der Waals surface area contributed by atoms with Crippen molar-refractivity contribution in [1.82, 2.24) is 15.2 Å². The minimum absolute atomic E-state index is 0. The van der Waals surface area contributed by atoms with Crippen LogP contribution in [0.15, 0.2) is 23.5 Å². The molecule has 1 aliphatic carbocycles. The molecule has 21 heavy (non-hydrogen) atoms. The highest BCUT2D eigenvalue weighted by Gasteiger charge is 2.30. The van der Waals surface area contributed by atoms with Gasteiger partial charge in [0.1, 0.15) is 0 Å². The zero-order valence-electron chi connectivity index (χ0n) is 12.9. The monoisotopic (exact) mass is 406 g/mol. The van der Waals surface area contributed by atoms with Gasteiger partial charge in [0, 0.05) is 32.5 Å². The summed E-state index contributed by atoms with van der Waals surface area (Å²) in [5, 5.41) is 16.8. The number of halogens is 1. The van der Waals surface area contributed by atoms with Crippen LogP contribution in [-0.2, 0) is 13.6 Å². The first-order valence-corrected chi connectivity index (χ1v) is 7.47. The molecular weight excluding hydrogens is 379 g/mol. The van der Waals surface area contributed by atoms with Gasteiger partial charge in [-0.05, 0) is 31.4 Å². The highest BCUT2D eigenvalue weighted by atomic mass is 127. The van der Waals surface area contributed by atoms with Gasteiger partial charge >= 0.3 is 0 Å². The summed E-state index contributed by atoms with van der Waals surface area (Å²) in [6, 6.07) is 2.07. The van der Waals surface area contributed by atoms with E-state index >= 15 is 0 Å². The molecule has 0 aromatic carbocycles. The predicted octanol–water partition coefficient (Wildman–Crippen LogP) is 2.00. The van der Waals surface area contributed by atoms with Crippen LogP contribution in [0.3, 0.4) is 0 Å². The van der Waals surface area contributed by atoms with E-state index in [2.05, 4.69) is 27.9 Å². The number of nitrogens with zero attached hydrogens (tertiary/aromatic N) is 2. The summed E-state index contributed by atoms with van der Waals surface area (Å²) in [6.45, 7) is 4.09. The fourth-order valence-electron chi connectivity index (χ4n) is 2.62. The zero-order valence-corrected chi connectivity index (χ0v) is 15.3. The van der Waals surface area contributed by atoms with Crippen molar-refractivity contribution >= 4 is 29.9 Å². The molecule has 6 heteroatoms. The molecule has 0 radical (unpaired) electrons. The van der Waals surface area contributed by atoms with Gasteiger partial charge in [-0.2, -0.15) is 0 Å². The van der Waals surface area contributed by atoms with E-state index in [1.54, 1.807) is 0 Å². The van der Waals surface area contributed by atoms with E-state index in [0.29, 0.717) is 13.1 Å². The van der Waals surface area contributed by atoms with Crippen LogP contribution in [0.25, 0.3) is 0 Å². The molecule has 0 aliphatic heterocycles. The number of guanidine groups is 1. The Morgan fingerprint density at radius 2 is 2.10 bits per heavy atom. The topological polar surface area (TPSA) is 61.6 Å². The fourth-order valence-corrected chi connectivity index (χ4v) is 2.62. The highest BCUT2D eigenvalue weighted by Crippen LogP contribution is 2.28. The standard InChI is InChI=1S/C15H26N4O.HI/c1-3-16-14(17-10-13-6-9-19(2)11-13)18-12-15(20)7-4-5-8-15;/h6,9,11,20H,3-5,7-8,10,12H2,1-2H3,(H2,16,17,18);1H. The van der Waals surface area contributed by atoms with Crippen LogP contribution in [0, 0.1) is 0 Å². The Balaban J connectivity index is 0.00000220. The second-order valence-corrected chi connectivity index (χ2v) is 5.67. The lowest BCUT2D eigenvalue weighted by Crippen LogP contribution is -2.46. The number of aliphatic imine (C=N–C) groups is 1. The van der Waals surface area contributed by atoms with E-state index in [4.69, 9.17) is 0 Å². The molecule has 0 amide bonds. The van der Waals surface area contributed by atoms with Crippen molar-refractivity contribution in [1.29, 1.82) is 0 Å². The maximum atomic E-state index is 10.3. The number of aliphatic hydroxyl groups is 1. The van der Waals surface area contributed by atoms with E-state index in [1.807, 2.05) is 24.7 Å². The molecule has 2 rings (SSSR count). The molecule has 0 bridgehead atoms. The summed E-state index contributed by atoms with van der Waals surface area (Å²) in [7, 11) is 2.01. The molecule has 1 aromatic heterocycles. The van der Waals surface area contributed by atoms with Crippen LogP contribution < -0.4 is 10.6 Å². The third kappa shape index (κ3) is 5.86. The highest BCUT2D eigenvalue weighted by molar-refractivity contribution is 14.0. The van der Waals surface area contributed by atoms with E-state index in [9.17, 15) is 5.11 Å². The summed E-state index contributed by atoms with van der Waals surface area (Å²) >= 11 is 0. The lowest BCUT2D eigenvalue weighted by molar-refractivity contribution is 0.0522. The fraction of sp³-hybridized carbons (Fsp3) is 0.667. The molecule has 1 fully saturated rings.